The molecule has 3 N–H and O–H groups in total. The van der Waals surface area contributed by atoms with Gasteiger partial charge in [0, 0.05) is 25.2 Å². The van der Waals surface area contributed by atoms with Gasteiger partial charge >= 0.3 is 0 Å². The van der Waals surface area contributed by atoms with Gasteiger partial charge in [0.15, 0.2) is 17.4 Å². The van der Waals surface area contributed by atoms with E-state index in [-0.39, 0.29) is 22.7 Å². The summed E-state index contributed by atoms with van der Waals surface area (Å²) in [5.74, 6) is -2.85. The molecule has 25 heavy (non-hydrogen) atoms. The van der Waals surface area contributed by atoms with E-state index < -0.39 is 29.6 Å². The molecule has 1 aromatic heterocycles. The molecule has 8 heteroatoms. The van der Waals surface area contributed by atoms with E-state index >= 15 is 0 Å². The zero-order chi connectivity index (χ0) is 18.6. The zero-order valence-corrected chi connectivity index (χ0v) is 14.1. The Labute approximate surface area is 143 Å². The molecule has 1 aromatic carbocycles. The molecule has 0 saturated heterocycles. The van der Waals surface area contributed by atoms with Crippen LogP contribution in [-0.2, 0) is 0 Å². The first-order valence-electron chi connectivity index (χ1n) is 7.72. The molecule has 1 heterocycles. The topological polar surface area (TPSA) is 83.2 Å². The smallest absolute Gasteiger partial charge is 0.271 e. The van der Waals surface area contributed by atoms with Gasteiger partial charge in [0.2, 0.25) is 0 Å². The molecule has 0 aliphatic carbocycles. The average molecular weight is 351 g/mol. The van der Waals surface area contributed by atoms with E-state index in [1.165, 1.54) is 32.2 Å². The number of H-pyrrole nitrogens is 1. The van der Waals surface area contributed by atoms with Crippen molar-refractivity contribution in [2.24, 2.45) is 0 Å². The van der Waals surface area contributed by atoms with E-state index in [1.54, 1.807) is 6.92 Å². The fraction of sp³-hybridized carbons (Fsp3) is 0.294. The highest BCUT2D eigenvalue weighted by molar-refractivity contribution is 5.99. The lowest BCUT2D eigenvalue weighted by Crippen LogP contribution is -2.23. The predicted molar refractivity (Wildman–Crippen MR) is 87.6 cm³/mol. The minimum atomic E-state index is -1.02. The Morgan fingerprint density at radius 1 is 1.28 bits per heavy atom. The van der Waals surface area contributed by atoms with Gasteiger partial charge in [0.05, 0.1) is 0 Å². The maximum absolute atomic E-state index is 13.9. The number of benzene rings is 1. The molecule has 0 aliphatic heterocycles. The molecule has 2 rings (SSSR count). The van der Waals surface area contributed by atoms with E-state index in [9.17, 15) is 18.4 Å². The summed E-state index contributed by atoms with van der Waals surface area (Å²) in [7, 11) is 1.43. The van der Waals surface area contributed by atoms with Crippen LogP contribution in [-0.4, -0.2) is 30.4 Å². The largest absolute Gasteiger partial charge is 0.483 e. The van der Waals surface area contributed by atoms with Gasteiger partial charge in [0.25, 0.3) is 11.8 Å². The second-order valence-corrected chi connectivity index (χ2v) is 5.26. The van der Waals surface area contributed by atoms with E-state index in [0.717, 1.165) is 6.07 Å². The first-order chi connectivity index (χ1) is 11.9. The first-order valence-corrected chi connectivity index (χ1v) is 7.72. The lowest BCUT2D eigenvalue weighted by molar-refractivity contribution is 0.0951. The Morgan fingerprint density at radius 2 is 2.00 bits per heavy atom. The lowest BCUT2D eigenvalue weighted by Gasteiger charge is -2.16. The van der Waals surface area contributed by atoms with Crippen LogP contribution in [0.15, 0.2) is 24.3 Å². The lowest BCUT2D eigenvalue weighted by atomic mass is 10.1. The number of hydrogen-bond acceptors (Lipinski definition) is 3. The molecule has 0 radical (unpaired) electrons. The maximum atomic E-state index is 13.9. The molecule has 2 amide bonds. The highest BCUT2D eigenvalue weighted by atomic mass is 19.2. The first kappa shape index (κ1) is 18.4. The monoisotopic (exact) mass is 351 g/mol. The van der Waals surface area contributed by atoms with Crippen LogP contribution in [0.1, 0.15) is 46.5 Å². The molecule has 6 nitrogen and oxygen atoms in total. The van der Waals surface area contributed by atoms with Crippen LogP contribution in [0.25, 0.3) is 0 Å². The van der Waals surface area contributed by atoms with E-state index in [0.29, 0.717) is 6.54 Å². The number of halogens is 2. The summed E-state index contributed by atoms with van der Waals surface area (Å²) in [6.45, 7) is 3.69. The van der Waals surface area contributed by atoms with Crippen LogP contribution in [0.2, 0.25) is 0 Å². The summed E-state index contributed by atoms with van der Waals surface area (Å²) in [6, 6.07) is 5.11. The van der Waals surface area contributed by atoms with Crippen LogP contribution in [0.5, 0.6) is 5.75 Å². The van der Waals surface area contributed by atoms with Crippen molar-refractivity contribution in [1.29, 1.82) is 0 Å². The second-order valence-electron chi connectivity index (χ2n) is 5.26. The summed E-state index contributed by atoms with van der Waals surface area (Å²) in [6.07, 6.45) is -0.878. The van der Waals surface area contributed by atoms with E-state index in [2.05, 4.69) is 15.6 Å². The van der Waals surface area contributed by atoms with Crippen molar-refractivity contribution >= 4 is 11.8 Å². The molecule has 0 spiro atoms. The number of amides is 2. The third kappa shape index (κ3) is 3.96. The van der Waals surface area contributed by atoms with Gasteiger partial charge in [-0.05, 0) is 19.9 Å². The molecule has 1 unspecified atom stereocenters. The molecule has 2 aromatic rings. The Morgan fingerprint density at radius 3 is 2.64 bits per heavy atom. The van der Waals surface area contributed by atoms with Crippen LogP contribution >= 0.6 is 0 Å². The Balaban J connectivity index is 2.35. The number of aromatic amines is 1. The van der Waals surface area contributed by atoms with Gasteiger partial charge in [0.1, 0.15) is 17.5 Å². The van der Waals surface area contributed by atoms with Crippen LogP contribution in [0.3, 0.4) is 0 Å². The number of hydrogen-bond donors (Lipinski definition) is 3. The molecule has 0 saturated carbocycles. The molecule has 0 fully saturated rings. The fourth-order valence-corrected chi connectivity index (χ4v) is 2.29. The fourth-order valence-electron chi connectivity index (χ4n) is 2.29. The minimum Gasteiger partial charge on any atom is -0.483 e. The molecular weight excluding hydrogens is 332 g/mol. The highest BCUT2D eigenvalue weighted by Crippen LogP contribution is 2.28. The number of carbonyl (C=O) groups excluding carboxylic acids is 2. The van der Waals surface area contributed by atoms with Gasteiger partial charge in [-0.25, -0.2) is 8.78 Å². The van der Waals surface area contributed by atoms with Crippen molar-refractivity contribution in [3.63, 3.8) is 0 Å². The number of aromatic nitrogens is 1. The van der Waals surface area contributed by atoms with E-state index in [4.69, 9.17) is 4.74 Å². The van der Waals surface area contributed by atoms with Crippen molar-refractivity contribution in [1.82, 2.24) is 15.6 Å². The van der Waals surface area contributed by atoms with Gasteiger partial charge in [-0.3, -0.25) is 9.59 Å². The van der Waals surface area contributed by atoms with Gasteiger partial charge in [-0.2, -0.15) is 0 Å². The second kappa shape index (κ2) is 7.78. The Hall–Kier alpha value is -2.90. The van der Waals surface area contributed by atoms with Crippen molar-refractivity contribution < 1.29 is 23.1 Å². The SMILES string of the molecule is CCNC(=O)c1cc(OC(C)c2cccc(F)c2F)c(C(=O)NC)[nH]1. The predicted octanol–water partition coefficient (Wildman–Crippen LogP) is 2.54. The van der Waals surface area contributed by atoms with Gasteiger partial charge in [-0.1, -0.05) is 12.1 Å². The van der Waals surface area contributed by atoms with Gasteiger partial charge in [-0.15, -0.1) is 0 Å². The Kier molecular flexibility index (Phi) is 5.74. The highest BCUT2D eigenvalue weighted by Gasteiger charge is 2.23. The zero-order valence-electron chi connectivity index (χ0n) is 14.1. The number of nitrogens with one attached hydrogen (secondary N) is 3. The van der Waals surface area contributed by atoms with Crippen molar-refractivity contribution in [3.05, 3.63) is 52.9 Å². The number of ether oxygens (including phenoxy) is 1. The number of carbonyl (C=O) groups is 2. The maximum Gasteiger partial charge on any atom is 0.271 e. The Bertz CT molecular complexity index is 789. The molecule has 0 bridgehead atoms. The van der Waals surface area contributed by atoms with Crippen LogP contribution in [0, 0.1) is 11.6 Å². The molecule has 134 valence electrons. The third-order valence-electron chi connectivity index (χ3n) is 3.54. The molecule has 1 atom stereocenters. The van der Waals surface area contributed by atoms with Crippen molar-refractivity contribution in [2.75, 3.05) is 13.6 Å². The minimum absolute atomic E-state index is 0.00335. The van der Waals surface area contributed by atoms with Crippen LogP contribution < -0.4 is 15.4 Å². The van der Waals surface area contributed by atoms with Gasteiger partial charge < -0.3 is 20.4 Å². The summed E-state index contributed by atoms with van der Waals surface area (Å²) in [4.78, 5) is 26.6. The molecule has 0 aliphatic rings. The van der Waals surface area contributed by atoms with E-state index in [1.807, 2.05) is 0 Å². The third-order valence-corrected chi connectivity index (χ3v) is 3.54. The summed E-state index contributed by atoms with van der Waals surface area (Å²) in [5.41, 5.74) is 0.151. The molecular formula is C17H19F2N3O3. The normalized spacial score (nSPS) is 11.7. The quantitative estimate of drug-likeness (QED) is 0.748. The summed E-state index contributed by atoms with van der Waals surface area (Å²) >= 11 is 0. The summed E-state index contributed by atoms with van der Waals surface area (Å²) in [5, 5.41) is 5.02. The van der Waals surface area contributed by atoms with Crippen molar-refractivity contribution in [2.45, 2.75) is 20.0 Å². The number of rotatable bonds is 6. The van der Waals surface area contributed by atoms with Crippen molar-refractivity contribution in [3.8, 4) is 5.75 Å². The summed E-state index contributed by atoms with van der Waals surface area (Å²) < 4.78 is 32.9. The average Bonchev–Trinajstić information content (AvgIpc) is 3.00. The van der Waals surface area contributed by atoms with Crippen LogP contribution in [0.4, 0.5) is 8.78 Å². The standard InChI is InChI=1S/C17H19F2N3O3/c1-4-21-16(23)12-8-13(15(22-12)17(24)20-3)25-9(2)10-6-5-7-11(18)14(10)19/h5-9,22H,4H2,1-3H3,(H,20,24)(H,21,23).